The van der Waals surface area contributed by atoms with Crippen molar-refractivity contribution < 1.29 is 13.2 Å². The van der Waals surface area contributed by atoms with Crippen molar-refractivity contribution in [2.75, 3.05) is 13.1 Å². The number of amides is 1. The quantitative estimate of drug-likeness (QED) is 0.804. The summed E-state index contributed by atoms with van der Waals surface area (Å²) in [4.78, 5) is 14.3. The number of hydrogen-bond acceptors (Lipinski definition) is 3. The van der Waals surface area contributed by atoms with E-state index < -0.39 is 9.05 Å². The fourth-order valence-corrected chi connectivity index (χ4v) is 3.35. The maximum atomic E-state index is 12.5. The minimum atomic E-state index is -3.81. The molecule has 0 aliphatic carbocycles. The third-order valence-electron chi connectivity index (χ3n) is 3.66. The molecule has 20 heavy (non-hydrogen) atoms. The first-order valence-electron chi connectivity index (χ1n) is 6.77. The van der Waals surface area contributed by atoms with E-state index in [4.69, 9.17) is 10.7 Å². The highest BCUT2D eigenvalue weighted by atomic mass is 35.7. The van der Waals surface area contributed by atoms with Crippen LogP contribution in [0.15, 0.2) is 17.2 Å². The van der Waals surface area contributed by atoms with Crippen molar-refractivity contribution in [2.45, 2.75) is 38.1 Å². The van der Waals surface area contributed by atoms with Gasteiger partial charge in [-0.3, -0.25) is 4.79 Å². The topological polar surface area (TPSA) is 59.4 Å². The summed E-state index contributed by atoms with van der Waals surface area (Å²) in [6.45, 7) is 5.95. The predicted molar refractivity (Wildman–Crippen MR) is 77.4 cm³/mol. The lowest BCUT2D eigenvalue weighted by atomic mass is 10.00. The number of hydrogen-bond donors (Lipinski definition) is 0. The molecule has 1 aliphatic heterocycles. The maximum Gasteiger partial charge on any atom is 0.270 e. The third-order valence-corrected chi connectivity index (χ3v) is 4.98. The first-order chi connectivity index (χ1) is 9.32. The molecule has 2 rings (SSSR count). The Bertz CT molecular complexity index is 609. The third kappa shape index (κ3) is 3.17. The van der Waals surface area contributed by atoms with Gasteiger partial charge in [-0.2, -0.15) is 0 Å². The highest BCUT2D eigenvalue weighted by Gasteiger charge is 2.26. The molecule has 1 aromatic heterocycles. The van der Waals surface area contributed by atoms with Crippen LogP contribution in [0.5, 0.6) is 0 Å². The average molecular weight is 319 g/mol. The Morgan fingerprint density at radius 3 is 2.75 bits per heavy atom. The minimum Gasteiger partial charge on any atom is -0.342 e. The fraction of sp³-hybridized carbons (Fsp3) is 0.615. The van der Waals surface area contributed by atoms with Crippen molar-refractivity contribution in [3.63, 3.8) is 0 Å². The van der Waals surface area contributed by atoms with Crippen LogP contribution < -0.4 is 0 Å². The number of aryl methyl sites for hydroxylation is 1. The zero-order chi connectivity index (χ0) is 14.9. The van der Waals surface area contributed by atoms with Gasteiger partial charge in [-0.25, -0.2) is 8.42 Å². The van der Waals surface area contributed by atoms with Crippen LogP contribution in [-0.2, 0) is 15.6 Å². The molecule has 0 spiro atoms. The van der Waals surface area contributed by atoms with Gasteiger partial charge in [0.2, 0.25) is 0 Å². The highest BCUT2D eigenvalue weighted by molar-refractivity contribution is 8.13. The molecule has 0 radical (unpaired) electrons. The van der Waals surface area contributed by atoms with Gasteiger partial charge in [0.1, 0.15) is 10.6 Å². The van der Waals surface area contributed by atoms with Gasteiger partial charge in [0, 0.05) is 36.5 Å². The lowest BCUT2D eigenvalue weighted by Crippen LogP contribution is -2.39. The number of halogens is 1. The Balaban J connectivity index is 2.31. The Labute approximate surface area is 123 Å². The van der Waals surface area contributed by atoms with Gasteiger partial charge < -0.3 is 9.47 Å². The van der Waals surface area contributed by atoms with E-state index in [1.54, 1.807) is 9.47 Å². The van der Waals surface area contributed by atoms with Crippen LogP contribution in [-0.4, -0.2) is 36.9 Å². The van der Waals surface area contributed by atoms with Crippen molar-refractivity contribution in [1.82, 2.24) is 9.47 Å². The van der Waals surface area contributed by atoms with Crippen LogP contribution in [0, 0.1) is 5.92 Å². The van der Waals surface area contributed by atoms with Gasteiger partial charge in [-0.1, -0.05) is 6.92 Å². The van der Waals surface area contributed by atoms with Crippen molar-refractivity contribution >= 4 is 25.6 Å². The minimum absolute atomic E-state index is 0.0191. The van der Waals surface area contributed by atoms with Gasteiger partial charge in [-0.05, 0) is 31.7 Å². The highest BCUT2D eigenvalue weighted by Crippen LogP contribution is 2.22. The number of carbonyl (C=O) groups is 1. The molecule has 7 heteroatoms. The van der Waals surface area contributed by atoms with E-state index in [0.717, 1.165) is 25.9 Å². The molecular weight excluding hydrogens is 300 g/mol. The van der Waals surface area contributed by atoms with Gasteiger partial charge in [0.25, 0.3) is 15.0 Å². The predicted octanol–water partition coefficient (Wildman–Crippen LogP) is 2.31. The summed E-state index contributed by atoms with van der Waals surface area (Å²) < 4.78 is 24.4. The molecule has 0 saturated carbocycles. The Morgan fingerprint density at radius 1 is 1.50 bits per heavy atom. The number of piperidine rings is 1. The van der Waals surface area contributed by atoms with Crippen molar-refractivity contribution in [2.24, 2.45) is 5.92 Å². The molecule has 1 unspecified atom stereocenters. The average Bonchev–Trinajstić information content (AvgIpc) is 2.81. The van der Waals surface area contributed by atoms with E-state index in [1.807, 2.05) is 6.92 Å². The largest absolute Gasteiger partial charge is 0.342 e. The Hall–Kier alpha value is -1.01. The molecule has 0 bridgehead atoms. The van der Waals surface area contributed by atoms with E-state index in [9.17, 15) is 13.2 Å². The maximum absolute atomic E-state index is 12.5. The summed E-state index contributed by atoms with van der Waals surface area (Å²) in [7, 11) is 1.54. The van der Waals surface area contributed by atoms with Crippen LogP contribution in [0.25, 0.3) is 0 Å². The zero-order valence-corrected chi connectivity index (χ0v) is 13.2. The lowest BCUT2D eigenvalue weighted by molar-refractivity contribution is 0.0672. The molecule has 0 N–H and O–H groups in total. The van der Waals surface area contributed by atoms with Crippen molar-refractivity contribution in [3.05, 3.63) is 18.0 Å². The number of aromatic nitrogens is 1. The van der Waals surface area contributed by atoms with Gasteiger partial charge in [0.05, 0.1) is 0 Å². The summed E-state index contributed by atoms with van der Waals surface area (Å²) >= 11 is 0. The van der Waals surface area contributed by atoms with Crippen LogP contribution in [0.3, 0.4) is 0 Å². The molecule has 0 aromatic carbocycles. The summed E-state index contributed by atoms with van der Waals surface area (Å²) in [5.41, 5.74) is 0.390. The van der Waals surface area contributed by atoms with E-state index in [-0.39, 0.29) is 10.8 Å². The van der Waals surface area contributed by atoms with Crippen LogP contribution >= 0.6 is 10.7 Å². The number of likely N-dealkylation sites (tertiary alicyclic amines) is 1. The van der Waals surface area contributed by atoms with Gasteiger partial charge in [0.15, 0.2) is 0 Å². The molecule has 1 amide bonds. The molecular formula is C13H19ClN2O3S. The van der Waals surface area contributed by atoms with Gasteiger partial charge >= 0.3 is 0 Å². The molecule has 1 atom stereocenters. The second-order valence-corrected chi connectivity index (χ2v) is 7.85. The van der Waals surface area contributed by atoms with Crippen LogP contribution in [0.2, 0.25) is 0 Å². The first kappa shape index (κ1) is 15.4. The van der Waals surface area contributed by atoms with E-state index in [2.05, 4.69) is 6.92 Å². The normalized spacial score (nSPS) is 20.1. The molecule has 1 aromatic rings. The number of nitrogens with zero attached hydrogens (tertiary/aromatic N) is 2. The SMILES string of the molecule is CCn1cc(S(=O)(=O)Cl)cc1C(=O)N1CCCC(C)C1. The molecule has 1 fully saturated rings. The molecule has 1 saturated heterocycles. The second-order valence-electron chi connectivity index (χ2n) is 5.28. The Morgan fingerprint density at radius 2 is 2.20 bits per heavy atom. The molecule has 5 nitrogen and oxygen atoms in total. The first-order valence-corrected chi connectivity index (χ1v) is 9.08. The van der Waals surface area contributed by atoms with E-state index in [0.29, 0.717) is 18.2 Å². The van der Waals surface area contributed by atoms with Gasteiger partial charge in [-0.15, -0.1) is 0 Å². The summed E-state index contributed by atoms with van der Waals surface area (Å²) in [6, 6.07) is 1.37. The summed E-state index contributed by atoms with van der Waals surface area (Å²) in [6.07, 6.45) is 3.53. The van der Waals surface area contributed by atoms with Crippen LogP contribution in [0.4, 0.5) is 0 Å². The lowest BCUT2D eigenvalue weighted by Gasteiger charge is -2.31. The molecule has 112 valence electrons. The number of rotatable bonds is 3. The van der Waals surface area contributed by atoms with Crippen molar-refractivity contribution in [1.29, 1.82) is 0 Å². The van der Waals surface area contributed by atoms with Crippen LogP contribution in [0.1, 0.15) is 37.2 Å². The fourth-order valence-electron chi connectivity index (χ4n) is 2.59. The summed E-state index contributed by atoms with van der Waals surface area (Å²) in [5, 5.41) is 0. The standard InChI is InChI=1S/C13H19ClN2O3S/c1-3-15-9-11(20(14,18)19)7-12(15)13(17)16-6-4-5-10(2)8-16/h7,9-10H,3-6,8H2,1-2H3. The zero-order valence-electron chi connectivity index (χ0n) is 11.7. The monoisotopic (exact) mass is 318 g/mol. The smallest absolute Gasteiger partial charge is 0.270 e. The number of carbonyl (C=O) groups excluding carboxylic acids is 1. The van der Waals surface area contributed by atoms with E-state index in [1.165, 1.54) is 12.3 Å². The summed E-state index contributed by atoms with van der Waals surface area (Å²) in [5.74, 6) is 0.360. The van der Waals surface area contributed by atoms with Crippen molar-refractivity contribution in [3.8, 4) is 0 Å². The molecule has 1 aliphatic rings. The van der Waals surface area contributed by atoms with E-state index >= 15 is 0 Å². The second kappa shape index (κ2) is 5.77. The molecule has 2 heterocycles. The Kier molecular flexibility index (Phi) is 4.44.